The molecule has 5 nitrogen and oxygen atoms in total. The van der Waals surface area contributed by atoms with Gasteiger partial charge in [0.2, 0.25) is 0 Å². The Labute approximate surface area is 110 Å². The molecular weight excluding hydrogens is 244 g/mol. The van der Waals surface area contributed by atoms with E-state index in [0.29, 0.717) is 24.6 Å². The predicted molar refractivity (Wildman–Crippen MR) is 73.0 cm³/mol. The van der Waals surface area contributed by atoms with Gasteiger partial charge in [-0.05, 0) is 23.8 Å². The minimum Gasteiger partial charge on any atom is -0.492 e. The van der Waals surface area contributed by atoms with Crippen LogP contribution in [0.3, 0.4) is 0 Å². The van der Waals surface area contributed by atoms with Gasteiger partial charge >= 0.3 is 0 Å². The molecule has 19 heavy (non-hydrogen) atoms. The maximum Gasteiger partial charge on any atom is 0.250 e. The van der Waals surface area contributed by atoms with E-state index in [0.717, 1.165) is 5.56 Å². The summed E-state index contributed by atoms with van der Waals surface area (Å²) in [6, 6.07) is 10.2. The van der Waals surface area contributed by atoms with Crippen LogP contribution in [0.1, 0.15) is 5.56 Å². The first-order valence-corrected chi connectivity index (χ1v) is 5.97. The van der Waals surface area contributed by atoms with Crippen molar-refractivity contribution in [2.75, 3.05) is 12.3 Å². The van der Waals surface area contributed by atoms with E-state index in [2.05, 4.69) is 0 Å². The zero-order chi connectivity index (χ0) is 13.7. The number of anilines is 1. The zero-order valence-electron chi connectivity index (χ0n) is 10.5. The number of nitrogens with two attached hydrogens (primary N) is 1. The summed E-state index contributed by atoms with van der Waals surface area (Å²) >= 11 is 0. The molecule has 0 saturated heterocycles. The van der Waals surface area contributed by atoms with Gasteiger partial charge in [0.15, 0.2) is 0 Å². The van der Waals surface area contributed by atoms with Crippen LogP contribution >= 0.6 is 0 Å². The van der Waals surface area contributed by atoms with Gasteiger partial charge in [0.1, 0.15) is 12.4 Å². The fourth-order valence-corrected chi connectivity index (χ4v) is 1.72. The number of pyridine rings is 1. The molecule has 0 radical (unpaired) electrons. The molecule has 0 aliphatic carbocycles. The van der Waals surface area contributed by atoms with E-state index >= 15 is 0 Å². The SMILES string of the molecule is Nc1ccc(=O)n(CCOc2cccc(CO)c2)c1. The summed E-state index contributed by atoms with van der Waals surface area (Å²) in [6.07, 6.45) is 1.59. The molecule has 5 heteroatoms. The molecule has 1 aromatic carbocycles. The topological polar surface area (TPSA) is 77.5 Å². The maximum absolute atomic E-state index is 11.5. The van der Waals surface area contributed by atoms with Crippen LogP contribution in [-0.2, 0) is 13.2 Å². The Bertz CT molecular complexity index is 608. The summed E-state index contributed by atoms with van der Waals surface area (Å²) < 4.78 is 7.04. The molecule has 2 rings (SSSR count). The number of nitrogen functional groups attached to an aromatic ring is 1. The van der Waals surface area contributed by atoms with E-state index in [1.807, 2.05) is 12.1 Å². The number of aromatic nitrogens is 1. The highest BCUT2D eigenvalue weighted by atomic mass is 16.5. The van der Waals surface area contributed by atoms with Crippen LogP contribution in [-0.4, -0.2) is 16.3 Å². The molecule has 0 aliphatic heterocycles. The molecule has 0 saturated carbocycles. The Morgan fingerprint density at radius 1 is 1.26 bits per heavy atom. The van der Waals surface area contributed by atoms with Crippen LogP contribution in [0.15, 0.2) is 47.4 Å². The lowest BCUT2D eigenvalue weighted by Gasteiger charge is -2.09. The minimum absolute atomic E-state index is 0.0219. The molecular formula is C14H16N2O3. The lowest BCUT2D eigenvalue weighted by atomic mass is 10.2. The molecule has 1 heterocycles. The molecule has 0 bridgehead atoms. The molecule has 1 aromatic heterocycles. The molecule has 0 fully saturated rings. The van der Waals surface area contributed by atoms with Gasteiger partial charge in [-0.2, -0.15) is 0 Å². The number of aliphatic hydroxyl groups excluding tert-OH is 1. The van der Waals surface area contributed by atoms with Crippen LogP contribution in [0.5, 0.6) is 5.75 Å². The Hall–Kier alpha value is -2.27. The van der Waals surface area contributed by atoms with Gasteiger partial charge in [-0.25, -0.2) is 0 Å². The summed E-state index contributed by atoms with van der Waals surface area (Å²) in [5, 5.41) is 9.02. The smallest absolute Gasteiger partial charge is 0.250 e. The van der Waals surface area contributed by atoms with Gasteiger partial charge in [0.05, 0.1) is 13.2 Å². The number of hydrogen-bond acceptors (Lipinski definition) is 4. The highest BCUT2D eigenvalue weighted by Gasteiger charge is 1.99. The molecule has 0 unspecified atom stereocenters. The van der Waals surface area contributed by atoms with Gasteiger partial charge in [-0.15, -0.1) is 0 Å². The lowest BCUT2D eigenvalue weighted by Crippen LogP contribution is -2.22. The summed E-state index contributed by atoms with van der Waals surface area (Å²) in [5.74, 6) is 0.670. The van der Waals surface area contributed by atoms with Crippen molar-refractivity contribution in [2.45, 2.75) is 13.2 Å². The Morgan fingerprint density at radius 2 is 2.11 bits per heavy atom. The molecule has 2 aromatic rings. The number of benzene rings is 1. The van der Waals surface area contributed by atoms with Crippen molar-refractivity contribution in [3.05, 3.63) is 58.5 Å². The average Bonchev–Trinajstić information content (AvgIpc) is 2.43. The third-order valence-corrected chi connectivity index (χ3v) is 2.69. The van der Waals surface area contributed by atoms with E-state index in [-0.39, 0.29) is 12.2 Å². The Kier molecular flexibility index (Phi) is 4.20. The normalized spacial score (nSPS) is 10.4. The fraction of sp³-hybridized carbons (Fsp3) is 0.214. The second-order valence-electron chi connectivity index (χ2n) is 4.15. The molecule has 0 amide bonds. The van der Waals surface area contributed by atoms with E-state index in [9.17, 15) is 4.79 Å². The van der Waals surface area contributed by atoms with Crippen molar-refractivity contribution >= 4 is 5.69 Å². The number of rotatable bonds is 5. The summed E-state index contributed by atoms with van der Waals surface area (Å²) in [7, 11) is 0. The van der Waals surface area contributed by atoms with Gasteiger partial charge in [0, 0.05) is 18.0 Å². The van der Waals surface area contributed by atoms with Crippen LogP contribution in [0.2, 0.25) is 0 Å². The van der Waals surface area contributed by atoms with Crippen LogP contribution in [0.25, 0.3) is 0 Å². The third kappa shape index (κ3) is 3.59. The highest BCUT2D eigenvalue weighted by molar-refractivity contribution is 5.33. The molecule has 0 aliphatic rings. The molecule has 0 spiro atoms. The summed E-state index contributed by atoms with van der Waals surface area (Å²) in [6.45, 7) is 0.761. The standard InChI is InChI=1S/C14H16N2O3/c15-12-4-5-14(18)16(9-12)6-7-19-13-3-1-2-11(8-13)10-17/h1-5,8-9,17H,6-7,10,15H2. The monoisotopic (exact) mass is 260 g/mol. The predicted octanol–water partition coefficient (Wildman–Crippen LogP) is 1.00. The van der Waals surface area contributed by atoms with Crippen molar-refractivity contribution in [3.8, 4) is 5.75 Å². The fourth-order valence-electron chi connectivity index (χ4n) is 1.72. The van der Waals surface area contributed by atoms with Gasteiger partial charge in [-0.3, -0.25) is 4.79 Å². The number of hydrogen-bond donors (Lipinski definition) is 2. The van der Waals surface area contributed by atoms with Crippen LogP contribution in [0, 0.1) is 0 Å². The van der Waals surface area contributed by atoms with Gasteiger partial charge in [0.25, 0.3) is 5.56 Å². The maximum atomic E-state index is 11.5. The van der Waals surface area contributed by atoms with Crippen molar-refractivity contribution in [3.63, 3.8) is 0 Å². The molecule has 100 valence electrons. The second-order valence-corrected chi connectivity index (χ2v) is 4.15. The third-order valence-electron chi connectivity index (χ3n) is 2.69. The van der Waals surface area contributed by atoms with E-state index < -0.39 is 0 Å². The molecule has 0 atom stereocenters. The molecule has 3 N–H and O–H groups in total. The van der Waals surface area contributed by atoms with Gasteiger partial charge in [-0.1, -0.05) is 12.1 Å². The Morgan fingerprint density at radius 3 is 2.89 bits per heavy atom. The van der Waals surface area contributed by atoms with Crippen molar-refractivity contribution < 1.29 is 9.84 Å². The zero-order valence-corrected chi connectivity index (χ0v) is 10.5. The quantitative estimate of drug-likeness (QED) is 0.840. The first-order valence-electron chi connectivity index (χ1n) is 5.97. The lowest BCUT2D eigenvalue weighted by molar-refractivity contribution is 0.277. The van der Waals surface area contributed by atoms with Crippen molar-refractivity contribution in [2.24, 2.45) is 0 Å². The van der Waals surface area contributed by atoms with Gasteiger partial charge < -0.3 is 20.1 Å². The number of aliphatic hydroxyl groups is 1. The number of ether oxygens (including phenoxy) is 1. The second kappa shape index (κ2) is 6.06. The van der Waals surface area contributed by atoms with Crippen LogP contribution < -0.4 is 16.0 Å². The first-order chi connectivity index (χ1) is 9.19. The van der Waals surface area contributed by atoms with E-state index in [4.69, 9.17) is 15.6 Å². The van der Waals surface area contributed by atoms with Crippen molar-refractivity contribution in [1.29, 1.82) is 0 Å². The van der Waals surface area contributed by atoms with Crippen molar-refractivity contribution in [1.82, 2.24) is 4.57 Å². The summed E-state index contributed by atoms with van der Waals surface area (Å²) in [4.78, 5) is 11.5. The Balaban J connectivity index is 1.96. The van der Waals surface area contributed by atoms with E-state index in [1.54, 1.807) is 24.4 Å². The van der Waals surface area contributed by atoms with Crippen LogP contribution in [0.4, 0.5) is 5.69 Å². The first kappa shape index (κ1) is 13.2. The average molecular weight is 260 g/mol. The highest BCUT2D eigenvalue weighted by Crippen LogP contribution is 2.13. The minimum atomic E-state index is -0.109. The van der Waals surface area contributed by atoms with E-state index in [1.165, 1.54) is 10.6 Å². The largest absolute Gasteiger partial charge is 0.492 e. The number of nitrogens with zero attached hydrogens (tertiary/aromatic N) is 1. The summed E-state index contributed by atoms with van der Waals surface area (Å²) in [5.41, 5.74) is 6.84.